The van der Waals surface area contributed by atoms with E-state index in [0.29, 0.717) is 5.69 Å². The van der Waals surface area contributed by atoms with E-state index in [0.717, 1.165) is 6.42 Å². The van der Waals surface area contributed by atoms with Gasteiger partial charge in [-0.1, -0.05) is 18.2 Å². The van der Waals surface area contributed by atoms with Crippen LogP contribution in [0.5, 0.6) is 0 Å². The maximum absolute atomic E-state index is 11.3. The van der Waals surface area contributed by atoms with E-state index >= 15 is 0 Å². The van der Waals surface area contributed by atoms with Crippen LogP contribution in [0.1, 0.15) is 13.3 Å². The van der Waals surface area contributed by atoms with E-state index in [9.17, 15) is 8.42 Å². The van der Waals surface area contributed by atoms with Gasteiger partial charge < -0.3 is 5.32 Å². The van der Waals surface area contributed by atoms with Gasteiger partial charge in [-0.15, -0.1) is 6.58 Å². The zero-order chi connectivity index (χ0) is 12.2. The second-order valence-electron chi connectivity index (χ2n) is 3.61. The maximum atomic E-state index is 11.3. The summed E-state index contributed by atoms with van der Waals surface area (Å²) in [7, 11) is -3.68. The normalized spacial score (nSPS) is 13.1. The Morgan fingerprint density at radius 2 is 2.12 bits per heavy atom. The molecule has 0 aliphatic heterocycles. The molecule has 0 aromatic heterocycles. The minimum absolute atomic E-state index is 0.111. The summed E-state index contributed by atoms with van der Waals surface area (Å²) in [6.45, 7) is 5.58. The summed E-state index contributed by atoms with van der Waals surface area (Å²) < 4.78 is 22.6. The third-order valence-corrected chi connectivity index (χ3v) is 3.08. The zero-order valence-electron chi connectivity index (χ0n) is 9.18. The summed E-state index contributed by atoms with van der Waals surface area (Å²) >= 11 is 0. The number of benzene rings is 1. The molecule has 0 bridgehead atoms. The minimum atomic E-state index is -3.68. The fourth-order valence-electron chi connectivity index (χ4n) is 1.41. The Balaban J connectivity index is 3.01. The highest BCUT2D eigenvalue weighted by Crippen LogP contribution is 2.20. The van der Waals surface area contributed by atoms with Crippen LogP contribution in [0.3, 0.4) is 0 Å². The molecule has 88 valence electrons. The highest BCUT2D eigenvalue weighted by Gasteiger charge is 2.13. The second kappa shape index (κ2) is 5.14. The molecule has 0 aliphatic rings. The second-order valence-corrected chi connectivity index (χ2v) is 5.14. The fourth-order valence-corrected chi connectivity index (χ4v) is 2.11. The van der Waals surface area contributed by atoms with Crippen molar-refractivity contribution in [3.05, 3.63) is 36.9 Å². The number of primary sulfonamides is 1. The highest BCUT2D eigenvalue weighted by molar-refractivity contribution is 7.89. The Labute approximate surface area is 96.2 Å². The largest absolute Gasteiger partial charge is 0.381 e. The molecule has 0 saturated heterocycles. The van der Waals surface area contributed by atoms with Crippen molar-refractivity contribution in [1.29, 1.82) is 0 Å². The predicted molar refractivity (Wildman–Crippen MR) is 65.7 cm³/mol. The molecule has 0 aliphatic carbocycles. The molecule has 1 unspecified atom stereocenters. The van der Waals surface area contributed by atoms with Crippen molar-refractivity contribution in [3.63, 3.8) is 0 Å². The first-order valence-corrected chi connectivity index (χ1v) is 6.49. The first-order valence-electron chi connectivity index (χ1n) is 4.94. The van der Waals surface area contributed by atoms with Crippen molar-refractivity contribution in [2.75, 3.05) is 5.32 Å². The summed E-state index contributed by atoms with van der Waals surface area (Å²) in [6.07, 6.45) is 2.52. The van der Waals surface area contributed by atoms with Gasteiger partial charge in [0.2, 0.25) is 10.0 Å². The Morgan fingerprint density at radius 3 is 2.69 bits per heavy atom. The first kappa shape index (κ1) is 12.7. The van der Waals surface area contributed by atoms with Crippen LogP contribution >= 0.6 is 0 Å². The van der Waals surface area contributed by atoms with Gasteiger partial charge in [0.1, 0.15) is 4.90 Å². The van der Waals surface area contributed by atoms with Crippen LogP contribution in [0, 0.1) is 0 Å². The van der Waals surface area contributed by atoms with Crippen molar-refractivity contribution < 1.29 is 8.42 Å². The Kier molecular flexibility index (Phi) is 4.09. The van der Waals surface area contributed by atoms with Crippen molar-refractivity contribution >= 4 is 15.7 Å². The van der Waals surface area contributed by atoms with E-state index in [1.165, 1.54) is 6.07 Å². The molecule has 0 fully saturated rings. The van der Waals surface area contributed by atoms with Crippen molar-refractivity contribution in [3.8, 4) is 0 Å². The van der Waals surface area contributed by atoms with Crippen LogP contribution in [-0.4, -0.2) is 14.5 Å². The van der Waals surface area contributed by atoms with E-state index in [2.05, 4.69) is 11.9 Å². The molecule has 1 aromatic carbocycles. The minimum Gasteiger partial charge on any atom is -0.381 e. The Hall–Kier alpha value is -1.33. The number of hydrogen-bond donors (Lipinski definition) is 2. The lowest BCUT2D eigenvalue weighted by Crippen LogP contribution is -2.19. The summed E-state index contributed by atoms with van der Waals surface area (Å²) in [5.74, 6) is 0. The number of nitrogens with two attached hydrogens (primary N) is 1. The molecule has 5 heteroatoms. The monoisotopic (exact) mass is 240 g/mol. The molecule has 1 aromatic rings. The highest BCUT2D eigenvalue weighted by atomic mass is 32.2. The van der Waals surface area contributed by atoms with Crippen LogP contribution < -0.4 is 10.5 Å². The molecular formula is C11H16N2O2S. The molecule has 16 heavy (non-hydrogen) atoms. The lowest BCUT2D eigenvalue weighted by Gasteiger charge is -2.15. The first-order chi connectivity index (χ1) is 7.45. The van der Waals surface area contributed by atoms with Gasteiger partial charge in [-0.25, -0.2) is 13.6 Å². The third-order valence-electron chi connectivity index (χ3n) is 2.12. The van der Waals surface area contributed by atoms with Gasteiger partial charge in [-0.05, 0) is 25.5 Å². The molecule has 0 heterocycles. The Morgan fingerprint density at radius 1 is 1.50 bits per heavy atom. The van der Waals surface area contributed by atoms with Crippen molar-refractivity contribution in [2.24, 2.45) is 5.14 Å². The molecule has 0 saturated carbocycles. The predicted octanol–water partition coefficient (Wildman–Crippen LogP) is 1.71. The van der Waals surface area contributed by atoms with Crippen molar-refractivity contribution in [1.82, 2.24) is 0 Å². The van der Waals surface area contributed by atoms with Gasteiger partial charge in [0.05, 0.1) is 5.69 Å². The number of sulfonamides is 1. The van der Waals surface area contributed by atoms with E-state index in [-0.39, 0.29) is 10.9 Å². The number of hydrogen-bond acceptors (Lipinski definition) is 3. The van der Waals surface area contributed by atoms with Gasteiger partial charge in [-0.3, -0.25) is 0 Å². The molecule has 1 rings (SSSR count). The number of rotatable bonds is 5. The SMILES string of the molecule is C=CCC(C)Nc1ccccc1S(N)(=O)=O. The van der Waals surface area contributed by atoms with Gasteiger partial charge >= 0.3 is 0 Å². The van der Waals surface area contributed by atoms with Crippen molar-refractivity contribution in [2.45, 2.75) is 24.3 Å². The zero-order valence-corrected chi connectivity index (χ0v) is 10.00. The summed E-state index contributed by atoms with van der Waals surface area (Å²) in [5.41, 5.74) is 0.527. The standard InChI is InChI=1S/C11H16N2O2S/c1-3-6-9(2)13-10-7-4-5-8-11(10)16(12,14)15/h3-5,7-9,13H,1,6H2,2H3,(H2,12,14,15). The Bertz CT molecular complexity index is 469. The molecule has 0 radical (unpaired) electrons. The topological polar surface area (TPSA) is 72.2 Å². The molecule has 0 amide bonds. The number of para-hydroxylation sites is 1. The lowest BCUT2D eigenvalue weighted by molar-refractivity contribution is 0.598. The van der Waals surface area contributed by atoms with E-state index in [1.807, 2.05) is 6.92 Å². The molecular weight excluding hydrogens is 224 g/mol. The van der Waals surface area contributed by atoms with Gasteiger partial charge in [0, 0.05) is 6.04 Å². The van der Waals surface area contributed by atoms with E-state index < -0.39 is 10.0 Å². The summed E-state index contributed by atoms with van der Waals surface area (Å²) in [4.78, 5) is 0.117. The summed E-state index contributed by atoms with van der Waals surface area (Å²) in [6, 6.07) is 6.69. The average Bonchev–Trinajstić information content (AvgIpc) is 2.17. The van der Waals surface area contributed by atoms with Crippen LogP contribution in [0.4, 0.5) is 5.69 Å². The van der Waals surface area contributed by atoms with Gasteiger partial charge in [0.15, 0.2) is 0 Å². The molecule has 0 spiro atoms. The van der Waals surface area contributed by atoms with Crippen LogP contribution in [0.15, 0.2) is 41.8 Å². The van der Waals surface area contributed by atoms with Crippen LogP contribution in [-0.2, 0) is 10.0 Å². The molecule has 1 atom stereocenters. The lowest BCUT2D eigenvalue weighted by atomic mass is 10.2. The van der Waals surface area contributed by atoms with Crippen LogP contribution in [0.25, 0.3) is 0 Å². The van der Waals surface area contributed by atoms with Gasteiger partial charge in [-0.2, -0.15) is 0 Å². The van der Waals surface area contributed by atoms with E-state index in [4.69, 9.17) is 5.14 Å². The maximum Gasteiger partial charge on any atom is 0.240 e. The molecule has 4 nitrogen and oxygen atoms in total. The molecule has 3 N–H and O–H groups in total. The number of anilines is 1. The fraction of sp³-hybridized carbons (Fsp3) is 0.273. The third kappa shape index (κ3) is 3.36. The van der Waals surface area contributed by atoms with Crippen LogP contribution in [0.2, 0.25) is 0 Å². The van der Waals surface area contributed by atoms with Gasteiger partial charge in [0.25, 0.3) is 0 Å². The summed E-state index contributed by atoms with van der Waals surface area (Å²) in [5, 5.41) is 8.21. The smallest absolute Gasteiger partial charge is 0.240 e. The quantitative estimate of drug-likeness (QED) is 0.770. The number of nitrogens with one attached hydrogen (secondary N) is 1. The average molecular weight is 240 g/mol. The van der Waals surface area contributed by atoms with E-state index in [1.54, 1.807) is 24.3 Å².